The van der Waals surface area contributed by atoms with Gasteiger partial charge in [0.25, 0.3) is 5.91 Å². The normalized spacial score (nSPS) is 11.9. The molecule has 0 bridgehead atoms. The van der Waals surface area contributed by atoms with Crippen molar-refractivity contribution < 1.29 is 32.4 Å². The predicted octanol–water partition coefficient (Wildman–Crippen LogP) is 1.90. The minimum absolute atomic E-state index is 0.0254. The largest absolute Gasteiger partial charge is 0.454 e. The zero-order valence-electron chi connectivity index (χ0n) is 15.3. The number of aromatic nitrogens is 2. The Kier molecular flexibility index (Phi) is 5.24. The van der Waals surface area contributed by atoms with Crippen LogP contribution in [0.4, 0.5) is 8.78 Å². The summed E-state index contributed by atoms with van der Waals surface area (Å²) in [6, 6.07) is 8.16. The topological polar surface area (TPSA) is 116 Å². The first-order valence-corrected chi connectivity index (χ1v) is 8.77. The highest BCUT2D eigenvalue weighted by atomic mass is 19.1. The van der Waals surface area contributed by atoms with Crippen molar-refractivity contribution in [2.75, 3.05) is 19.9 Å². The molecular weight excluding hydrogens is 402 g/mol. The summed E-state index contributed by atoms with van der Waals surface area (Å²) in [5.74, 6) is -2.51. The maximum absolute atomic E-state index is 13.6. The van der Waals surface area contributed by atoms with Gasteiger partial charge in [-0.3, -0.25) is 9.59 Å². The third-order valence-electron chi connectivity index (χ3n) is 4.14. The van der Waals surface area contributed by atoms with E-state index in [1.807, 2.05) is 0 Å². The SMILES string of the molecule is O=C(NCCNC(=O)c1c(F)cccc1F)c1nc(-c2ccc3c(c2)OCO3)no1. The van der Waals surface area contributed by atoms with Gasteiger partial charge in [-0.1, -0.05) is 11.2 Å². The lowest BCUT2D eigenvalue weighted by molar-refractivity contribution is 0.0896. The highest BCUT2D eigenvalue weighted by Crippen LogP contribution is 2.35. The molecule has 1 aliphatic rings. The van der Waals surface area contributed by atoms with Crippen molar-refractivity contribution in [2.45, 2.75) is 0 Å². The molecule has 0 unspecified atom stereocenters. The second-order valence-electron chi connectivity index (χ2n) is 6.10. The molecule has 0 fully saturated rings. The molecule has 0 atom stereocenters. The number of hydrogen-bond donors (Lipinski definition) is 2. The molecule has 2 N–H and O–H groups in total. The Morgan fingerprint density at radius 3 is 2.43 bits per heavy atom. The van der Waals surface area contributed by atoms with Crippen molar-refractivity contribution in [3.05, 3.63) is 59.5 Å². The summed E-state index contributed by atoms with van der Waals surface area (Å²) in [5.41, 5.74) is -0.115. The van der Waals surface area contributed by atoms with Crippen LogP contribution in [0.3, 0.4) is 0 Å². The van der Waals surface area contributed by atoms with Gasteiger partial charge >= 0.3 is 11.8 Å². The molecule has 0 aliphatic carbocycles. The number of carbonyl (C=O) groups excluding carboxylic acids is 2. The third kappa shape index (κ3) is 3.90. The van der Waals surface area contributed by atoms with Gasteiger partial charge in [0.2, 0.25) is 12.6 Å². The fourth-order valence-corrected chi connectivity index (χ4v) is 2.70. The van der Waals surface area contributed by atoms with Gasteiger partial charge in [0.15, 0.2) is 11.5 Å². The number of nitrogens with one attached hydrogen (secondary N) is 2. The minimum atomic E-state index is -0.974. The molecule has 1 aliphatic heterocycles. The summed E-state index contributed by atoms with van der Waals surface area (Å²) in [7, 11) is 0. The maximum Gasteiger partial charge on any atom is 0.316 e. The molecule has 9 nitrogen and oxygen atoms in total. The molecule has 3 aromatic rings. The first kappa shape index (κ1) is 19.3. The Labute approximate surface area is 168 Å². The molecule has 1 aromatic heterocycles. The zero-order chi connectivity index (χ0) is 21.1. The van der Waals surface area contributed by atoms with Crippen LogP contribution in [0.2, 0.25) is 0 Å². The van der Waals surface area contributed by atoms with E-state index in [0.29, 0.717) is 17.1 Å². The Hall–Kier alpha value is -4.02. The molecule has 0 saturated carbocycles. The number of amides is 2. The Balaban J connectivity index is 1.30. The second kappa shape index (κ2) is 8.15. The van der Waals surface area contributed by atoms with Crippen molar-refractivity contribution in [3.8, 4) is 22.9 Å². The van der Waals surface area contributed by atoms with E-state index < -0.39 is 29.0 Å². The molecule has 30 heavy (non-hydrogen) atoms. The lowest BCUT2D eigenvalue weighted by Crippen LogP contribution is -2.35. The van der Waals surface area contributed by atoms with Crippen LogP contribution in [-0.2, 0) is 0 Å². The third-order valence-corrected chi connectivity index (χ3v) is 4.14. The summed E-state index contributed by atoms with van der Waals surface area (Å²) < 4.78 is 42.6. The number of ether oxygens (including phenoxy) is 2. The zero-order valence-corrected chi connectivity index (χ0v) is 15.3. The van der Waals surface area contributed by atoms with E-state index in [2.05, 4.69) is 20.8 Å². The molecular formula is C19H14F2N4O5. The number of rotatable bonds is 6. The summed E-state index contributed by atoms with van der Waals surface area (Å²) in [4.78, 5) is 28.0. The fraction of sp³-hybridized carbons (Fsp3) is 0.158. The van der Waals surface area contributed by atoms with Gasteiger partial charge in [-0.15, -0.1) is 0 Å². The predicted molar refractivity (Wildman–Crippen MR) is 96.9 cm³/mol. The lowest BCUT2D eigenvalue weighted by atomic mass is 10.2. The van der Waals surface area contributed by atoms with Crippen molar-refractivity contribution in [2.24, 2.45) is 0 Å². The summed E-state index contributed by atoms with van der Waals surface area (Å²) in [5, 5.41) is 8.53. The number of nitrogens with zero attached hydrogens (tertiary/aromatic N) is 2. The molecule has 154 valence electrons. The average Bonchev–Trinajstić information content (AvgIpc) is 3.39. The fourth-order valence-electron chi connectivity index (χ4n) is 2.70. The van der Waals surface area contributed by atoms with Crippen molar-refractivity contribution >= 4 is 11.8 Å². The van der Waals surface area contributed by atoms with Crippen LogP contribution >= 0.6 is 0 Å². The van der Waals surface area contributed by atoms with Gasteiger partial charge in [0.05, 0.1) is 0 Å². The Morgan fingerprint density at radius 2 is 1.67 bits per heavy atom. The quantitative estimate of drug-likeness (QED) is 0.590. The van der Waals surface area contributed by atoms with Crippen LogP contribution in [0.1, 0.15) is 21.0 Å². The van der Waals surface area contributed by atoms with E-state index in [9.17, 15) is 18.4 Å². The molecule has 0 spiro atoms. The number of fused-ring (bicyclic) bond motifs is 1. The summed E-state index contributed by atoms with van der Waals surface area (Å²) >= 11 is 0. The van der Waals surface area contributed by atoms with E-state index in [-0.39, 0.29) is 31.6 Å². The smallest absolute Gasteiger partial charge is 0.316 e. The second-order valence-corrected chi connectivity index (χ2v) is 6.10. The first-order chi connectivity index (χ1) is 14.5. The Morgan fingerprint density at radius 1 is 0.967 bits per heavy atom. The number of carbonyl (C=O) groups is 2. The van der Waals surface area contributed by atoms with Gasteiger partial charge < -0.3 is 24.6 Å². The van der Waals surface area contributed by atoms with Gasteiger partial charge in [-0.2, -0.15) is 4.98 Å². The minimum Gasteiger partial charge on any atom is -0.454 e. The van der Waals surface area contributed by atoms with Gasteiger partial charge in [0.1, 0.15) is 17.2 Å². The monoisotopic (exact) mass is 416 g/mol. The maximum atomic E-state index is 13.6. The molecule has 2 amide bonds. The van der Waals surface area contributed by atoms with Crippen molar-refractivity contribution in [1.29, 1.82) is 0 Å². The van der Waals surface area contributed by atoms with Crippen molar-refractivity contribution in [3.63, 3.8) is 0 Å². The number of halogens is 2. The highest BCUT2D eigenvalue weighted by molar-refractivity contribution is 5.94. The van der Waals surface area contributed by atoms with Gasteiger partial charge in [-0.05, 0) is 30.3 Å². The van der Waals surface area contributed by atoms with Crippen LogP contribution in [0.15, 0.2) is 40.9 Å². The van der Waals surface area contributed by atoms with Crippen LogP contribution < -0.4 is 20.1 Å². The number of hydrogen-bond acceptors (Lipinski definition) is 7. The molecule has 2 heterocycles. The molecule has 0 radical (unpaired) electrons. The van der Waals surface area contributed by atoms with Crippen molar-refractivity contribution in [1.82, 2.24) is 20.8 Å². The van der Waals surface area contributed by atoms with Crippen LogP contribution in [0.25, 0.3) is 11.4 Å². The number of benzene rings is 2. The van der Waals surface area contributed by atoms with E-state index in [4.69, 9.17) is 14.0 Å². The standard InChI is InChI=1S/C19H14F2N4O5/c20-11-2-1-3-12(21)15(11)17(26)22-6-7-23-18(27)19-24-16(25-30-19)10-4-5-13-14(8-10)29-9-28-13/h1-5,8H,6-7,9H2,(H,22,26)(H,23,27). The van der Waals surface area contributed by atoms with Crippen LogP contribution in [0, 0.1) is 11.6 Å². The molecule has 0 saturated heterocycles. The molecule has 4 rings (SSSR count). The Bertz CT molecular complexity index is 1100. The highest BCUT2D eigenvalue weighted by Gasteiger charge is 2.20. The summed E-state index contributed by atoms with van der Waals surface area (Å²) in [6.45, 7) is 0.0304. The van der Waals surface area contributed by atoms with Gasteiger partial charge in [-0.25, -0.2) is 8.78 Å². The van der Waals surface area contributed by atoms with Crippen LogP contribution in [0.5, 0.6) is 11.5 Å². The first-order valence-electron chi connectivity index (χ1n) is 8.77. The average molecular weight is 416 g/mol. The molecule has 2 aromatic carbocycles. The van der Waals surface area contributed by atoms with E-state index in [0.717, 1.165) is 18.2 Å². The van der Waals surface area contributed by atoms with E-state index >= 15 is 0 Å². The summed E-state index contributed by atoms with van der Waals surface area (Å²) in [6.07, 6.45) is 0. The van der Waals surface area contributed by atoms with E-state index in [1.54, 1.807) is 18.2 Å². The van der Waals surface area contributed by atoms with Crippen LogP contribution in [-0.4, -0.2) is 41.8 Å². The van der Waals surface area contributed by atoms with Gasteiger partial charge in [0, 0.05) is 18.7 Å². The van der Waals surface area contributed by atoms with E-state index in [1.165, 1.54) is 0 Å². The lowest BCUT2D eigenvalue weighted by Gasteiger charge is -2.07. The molecule has 11 heteroatoms.